The van der Waals surface area contributed by atoms with Crippen LogP contribution in [0.25, 0.3) is 10.9 Å². The molecule has 0 fully saturated rings. The topological polar surface area (TPSA) is 40.5 Å². The summed E-state index contributed by atoms with van der Waals surface area (Å²) in [4.78, 5) is 12.0. The van der Waals surface area contributed by atoms with Gasteiger partial charge in [0.15, 0.2) is 0 Å². The lowest BCUT2D eigenvalue weighted by atomic mass is 10.2. The third kappa shape index (κ3) is 3.96. The predicted molar refractivity (Wildman–Crippen MR) is 94.2 cm³/mol. The molecule has 24 heavy (non-hydrogen) atoms. The van der Waals surface area contributed by atoms with E-state index >= 15 is 0 Å². The Morgan fingerprint density at radius 3 is 2.71 bits per heavy atom. The van der Waals surface area contributed by atoms with E-state index in [1.807, 2.05) is 72.3 Å². The first-order chi connectivity index (χ1) is 11.8. The van der Waals surface area contributed by atoms with Gasteiger partial charge >= 0.3 is 5.97 Å². The molecule has 4 nitrogen and oxygen atoms in total. The monoisotopic (exact) mass is 323 g/mol. The Morgan fingerprint density at radius 2 is 1.92 bits per heavy atom. The van der Waals surface area contributed by atoms with Gasteiger partial charge in [0.2, 0.25) is 0 Å². The number of hydrogen-bond acceptors (Lipinski definition) is 3. The minimum atomic E-state index is -0.225. The molecule has 0 saturated carbocycles. The lowest BCUT2D eigenvalue weighted by molar-refractivity contribution is -0.144. The number of ether oxygens (including phenoxy) is 2. The minimum absolute atomic E-state index is 0.215. The Balaban J connectivity index is 1.57. The SMILES string of the molecule is CCOc1ccc2c(ccn2CC(=O)OCCc2ccccc2)c1. The van der Waals surface area contributed by atoms with Gasteiger partial charge < -0.3 is 14.0 Å². The molecule has 3 aromatic rings. The van der Waals surface area contributed by atoms with Crippen LogP contribution in [0.15, 0.2) is 60.8 Å². The molecular weight excluding hydrogens is 302 g/mol. The summed E-state index contributed by atoms with van der Waals surface area (Å²) in [6, 6.07) is 17.9. The maximum absolute atomic E-state index is 12.0. The van der Waals surface area contributed by atoms with Crippen molar-refractivity contribution in [2.24, 2.45) is 0 Å². The third-order valence-electron chi connectivity index (χ3n) is 3.85. The highest BCUT2D eigenvalue weighted by Crippen LogP contribution is 2.22. The first-order valence-electron chi connectivity index (χ1n) is 8.17. The van der Waals surface area contributed by atoms with Gasteiger partial charge in [0.05, 0.1) is 13.2 Å². The smallest absolute Gasteiger partial charge is 0.325 e. The quantitative estimate of drug-likeness (QED) is 0.621. The van der Waals surface area contributed by atoms with E-state index < -0.39 is 0 Å². The molecule has 2 aromatic carbocycles. The Bertz CT molecular complexity index is 808. The van der Waals surface area contributed by atoms with E-state index in [2.05, 4.69) is 0 Å². The lowest BCUT2D eigenvalue weighted by Gasteiger charge is -2.08. The molecule has 0 aliphatic carbocycles. The largest absolute Gasteiger partial charge is 0.494 e. The molecule has 0 unspecified atom stereocenters. The van der Waals surface area contributed by atoms with Crippen molar-refractivity contribution in [3.05, 3.63) is 66.4 Å². The number of nitrogens with zero attached hydrogens (tertiary/aromatic N) is 1. The van der Waals surface area contributed by atoms with Gasteiger partial charge in [-0.3, -0.25) is 4.79 Å². The van der Waals surface area contributed by atoms with Gasteiger partial charge in [-0.25, -0.2) is 0 Å². The molecule has 0 spiro atoms. The molecule has 0 radical (unpaired) electrons. The van der Waals surface area contributed by atoms with Crippen LogP contribution in [0.4, 0.5) is 0 Å². The van der Waals surface area contributed by atoms with E-state index in [0.29, 0.717) is 13.2 Å². The molecule has 0 saturated heterocycles. The Labute approximate surface area is 141 Å². The Hall–Kier alpha value is -2.75. The van der Waals surface area contributed by atoms with E-state index in [1.54, 1.807) is 0 Å². The normalized spacial score (nSPS) is 10.7. The minimum Gasteiger partial charge on any atom is -0.494 e. The van der Waals surface area contributed by atoms with Gasteiger partial charge in [0.1, 0.15) is 12.3 Å². The van der Waals surface area contributed by atoms with Crippen molar-refractivity contribution in [1.82, 2.24) is 4.57 Å². The number of fused-ring (bicyclic) bond motifs is 1. The number of esters is 1. The molecular formula is C20H21NO3. The van der Waals surface area contributed by atoms with E-state index in [1.165, 1.54) is 5.56 Å². The zero-order valence-electron chi connectivity index (χ0n) is 13.8. The summed E-state index contributed by atoms with van der Waals surface area (Å²) >= 11 is 0. The van der Waals surface area contributed by atoms with Gasteiger partial charge in [-0.05, 0) is 36.8 Å². The number of hydrogen-bond donors (Lipinski definition) is 0. The molecule has 0 amide bonds. The molecule has 0 aliphatic rings. The molecule has 4 heteroatoms. The van der Waals surface area contributed by atoms with Crippen LogP contribution in [0, 0.1) is 0 Å². The summed E-state index contributed by atoms with van der Waals surface area (Å²) in [6.07, 6.45) is 2.63. The summed E-state index contributed by atoms with van der Waals surface area (Å²) < 4.78 is 12.7. The predicted octanol–water partition coefficient (Wildman–Crippen LogP) is 3.83. The average Bonchev–Trinajstić information content (AvgIpc) is 2.98. The summed E-state index contributed by atoms with van der Waals surface area (Å²) in [5.41, 5.74) is 2.17. The fraction of sp³-hybridized carbons (Fsp3) is 0.250. The Kier molecular flexibility index (Phi) is 5.16. The second-order valence-electron chi connectivity index (χ2n) is 5.55. The average molecular weight is 323 g/mol. The van der Waals surface area contributed by atoms with Crippen molar-refractivity contribution < 1.29 is 14.3 Å². The highest BCUT2D eigenvalue weighted by Gasteiger charge is 2.08. The fourth-order valence-electron chi connectivity index (χ4n) is 2.68. The zero-order valence-corrected chi connectivity index (χ0v) is 13.8. The van der Waals surface area contributed by atoms with Gasteiger partial charge in [0.25, 0.3) is 0 Å². The lowest BCUT2D eigenvalue weighted by Crippen LogP contribution is -2.14. The summed E-state index contributed by atoms with van der Waals surface area (Å²) in [5.74, 6) is 0.616. The van der Waals surface area contributed by atoms with Crippen LogP contribution in [0.1, 0.15) is 12.5 Å². The van der Waals surface area contributed by atoms with Crippen LogP contribution in [0.5, 0.6) is 5.75 Å². The summed E-state index contributed by atoms with van der Waals surface area (Å²) in [5, 5.41) is 1.05. The van der Waals surface area contributed by atoms with Crippen molar-refractivity contribution in [3.8, 4) is 5.75 Å². The molecule has 3 rings (SSSR count). The van der Waals surface area contributed by atoms with Crippen molar-refractivity contribution in [1.29, 1.82) is 0 Å². The Morgan fingerprint density at radius 1 is 1.08 bits per heavy atom. The summed E-state index contributed by atoms with van der Waals surface area (Å²) in [7, 11) is 0. The summed E-state index contributed by atoms with van der Waals surface area (Å²) in [6.45, 7) is 3.21. The van der Waals surface area contributed by atoms with Crippen LogP contribution in [0.2, 0.25) is 0 Å². The molecule has 124 valence electrons. The molecule has 0 atom stereocenters. The van der Waals surface area contributed by atoms with Crippen LogP contribution < -0.4 is 4.74 Å². The van der Waals surface area contributed by atoms with Gasteiger partial charge in [-0.15, -0.1) is 0 Å². The van der Waals surface area contributed by atoms with Crippen molar-refractivity contribution >= 4 is 16.9 Å². The van der Waals surface area contributed by atoms with E-state index in [4.69, 9.17) is 9.47 Å². The van der Waals surface area contributed by atoms with E-state index in [0.717, 1.165) is 23.1 Å². The highest BCUT2D eigenvalue weighted by atomic mass is 16.5. The van der Waals surface area contributed by atoms with Crippen molar-refractivity contribution in [2.75, 3.05) is 13.2 Å². The van der Waals surface area contributed by atoms with Gasteiger partial charge in [-0.2, -0.15) is 0 Å². The fourth-order valence-corrected chi connectivity index (χ4v) is 2.68. The van der Waals surface area contributed by atoms with Crippen molar-refractivity contribution in [3.63, 3.8) is 0 Å². The molecule has 1 heterocycles. The number of carbonyl (C=O) groups excluding carboxylic acids is 1. The number of benzene rings is 2. The zero-order chi connectivity index (χ0) is 16.8. The van der Waals surface area contributed by atoms with Crippen LogP contribution in [0.3, 0.4) is 0 Å². The van der Waals surface area contributed by atoms with E-state index in [9.17, 15) is 4.79 Å². The van der Waals surface area contributed by atoms with Crippen LogP contribution >= 0.6 is 0 Å². The van der Waals surface area contributed by atoms with Crippen molar-refractivity contribution in [2.45, 2.75) is 19.9 Å². The number of carbonyl (C=O) groups is 1. The molecule has 0 N–H and O–H groups in total. The maximum atomic E-state index is 12.0. The number of rotatable bonds is 7. The molecule has 1 aromatic heterocycles. The maximum Gasteiger partial charge on any atom is 0.325 e. The third-order valence-corrected chi connectivity index (χ3v) is 3.85. The second-order valence-corrected chi connectivity index (χ2v) is 5.55. The standard InChI is InChI=1S/C20H21NO3/c1-2-23-18-8-9-19-17(14-18)10-12-21(19)15-20(22)24-13-11-16-6-4-3-5-7-16/h3-10,12,14H,2,11,13,15H2,1H3. The number of aromatic nitrogens is 1. The van der Waals surface area contributed by atoms with Gasteiger partial charge in [0, 0.05) is 23.5 Å². The first-order valence-corrected chi connectivity index (χ1v) is 8.17. The first kappa shape index (κ1) is 16.1. The molecule has 0 bridgehead atoms. The van der Waals surface area contributed by atoms with E-state index in [-0.39, 0.29) is 12.5 Å². The second kappa shape index (κ2) is 7.68. The van der Waals surface area contributed by atoms with Crippen LogP contribution in [-0.2, 0) is 22.5 Å². The van der Waals surface area contributed by atoms with Crippen LogP contribution in [-0.4, -0.2) is 23.8 Å². The molecule has 0 aliphatic heterocycles. The van der Waals surface area contributed by atoms with Gasteiger partial charge in [-0.1, -0.05) is 30.3 Å². The highest BCUT2D eigenvalue weighted by molar-refractivity contribution is 5.83.